The highest BCUT2D eigenvalue weighted by Crippen LogP contribution is 2.03. The number of amides is 1. The Balaban J connectivity index is 2.60. The van der Waals surface area contributed by atoms with Gasteiger partial charge in [-0.3, -0.25) is 4.79 Å². The first-order chi connectivity index (χ1) is 6.22. The van der Waals surface area contributed by atoms with Crippen LogP contribution in [0.3, 0.4) is 0 Å². The van der Waals surface area contributed by atoms with Gasteiger partial charge in [-0.05, 0) is 18.6 Å². The second-order valence-corrected chi connectivity index (χ2v) is 2.59. The first kappa shape index (κ1) is 9.20. The molecule has 1 aromatic rings. The van der Waals surface area contributed by atoms with E-state index in [0.29, 0.717) is 5.82 Å². The molecule has 0 saturated heterocycles. The summed E-state index contributed by atoms with van der Waals surface area (Å²) in [6.07, 6.45) is 1.66. The number of nitrogens with zero attached hydrogens (tertiary/aromatic N) is 2. The number of hydrogen-bond donors (Lipinski definition) is 1. The number of carbonyl (C=O) groups excluding carboxylic acids is 1. The van der Waals surface area contributed by atoms with Crippen LogP contribution in [0, 0.1) is 13.5 Å². The van der Waals surface area contributed by atoms with Crippen molar-refractivity contribution in [3.05, 3.63) is 35.3 Å². The van der Waals surface area contributed by atoms with Gasteiger partial charge in [-0.15, -0.1) is 0 Å². The molecule has 0 unspecified atom stereocenters. The lowest BCUT2D eigenvalue weighted by Gasteiger charge is -1.99. The zero-order valence-electron chi connectivity index (χ0n) is 7.24. The summed E-state index contributed by atoms with van der Waals surface area (Å²) in [5.41, 5.74) is 1.03. The normalized spacial score (nSPS) is 8.92. The molecule has 1 heterocycles. The van der Waals surface area contributed by atoms with Crippen molar-refractivity contribution in [2.75, 3.05) is 11.9 Å². The van der Waals surface area contributed by atoms with Gasteiger partial charge in [0.15, 0.2) is 0 Å². The highest BCUT2D eigenvalue weighted by Gasteiger charge is 2.03. The Labute approximate surface area is 76.4 Å². The Kier molecular flexibility index (Phi) is 2.98. The van der Waals surface area contributed by atoms with Crippen LogP contribution in [0.25, 0.3) is 4.85 Å². The molecule has 1 rings (SSSR count). The number of aromatic nitrogens is 1. The van der Waals surface area contributed by atoms with Crippen LogP contribution in [-0.2, 0) is 4.79 Å². The predicted octanol–water partition coefficient (Wildman–Crippen LogP) is 1.25. The second-order valence-electron chi connectivity index (χ2n) is 2.59. The highest BCUT2D eigenvalue weighted by molar-refractivity contribution is 5.92. The van der Waals surface area contributed by atoms with E-state index in [0.717, 1.165) is 5.56 Å². The van der Waals surface area contributed by atoms with E-state index in [1.54, 1.807) is 12.3 Å². The maximum Gasteiger partial charge on any atom is 0.305 e. The molecule has 4 nitrogen and oxygen atoms in total. The van der Waals surface area contributed by atoms with Gasteiger partial charge < -0.3 is 10.2 Å². The standard InChI is InChI=1S/C9H9N3O/c1-7-3-4-8(11-5-7)12-9(13)6-10-2/h3-5H,6H2,1H3,(H,11,12,13). The van der Waals surface area contributed by atoms with Gasteiger partial charge in [0.05, 0.1) is 0 Å². The lowest BCUT2D eigenvalue weighted by molar-refractivity contribution is -0.114. The third-order valence-corrected chi connectivity index (χ3v) is 1.40. The lowest BCUT2D eigenvalue weighted by Crippen LogP contribution is -2.14. The second kappa shape index (κ2) is 4.21. The summed E-state index contributed by atoms with van der Waals surface area (Å²) >= 11 is 0. The van der Waals surface area contributed by atoms with Crippen LogP contribution in [0.4, 0.5) is 5.82 Å². The SMILES string of the molecule is [C-]#[N+]CC(=O)Nc1ccc(C)cn1. The fourth-order valence-corrected chi connectivity index (χ4v) is 0.796. The van der Waals surface area contributed by atoms with E-state index in [4.69, 9.17) is 6.57 Å². The van der Waals surface area contributed by atoms with E-state index in [1.165, 1.54) is 0 Å². The van der Waals surface area contributed by atoms with Crippen molar-refractivity contribution < 1.29 is 4.79 Å². The van der Waals surface area contributed by atoms with Gasteiger partial charge in [0.2, 0.25) is 0 Å². The van der Waals surface area contributed by atoms with Crippen LogP contribution in [0.15, 0.2) is 18.3 Å². The van der Waals surface area contributed by atoms with E-state index in [-0.39, 0.29) is 12.5 Å². The molecule has 0 saturated carbocycles. The molecule has 1 aromatic heterocycles. The number of carbonyl (C=O) groups is 1. The minimum atomic E-state index is -0.327. The molecule has 0 aliphatic rings. The van der Waals surface area contributed by atoms with Crippen molar-refractivity contribution in [3.63, 3.8) is 0 Å². The van der Waals surface area contributed by atoms with E-state index in [1.807, 2.05) is 13.0 Å². The summed E-state index contributed by atoms with van der Waals surface area (Å²) in [6, 6.07) is 3.55. The van der Waals surface area contributed by atoms with Crippen LogP contribution in [0.2, 0.25) is 0 Å². The third-order valence-electron chi connectivity index (χ3n) is 1.40. The molecule has 0 spiro atoms. The molecular weight excluding hydrogens is 166 g/mol. The average Bonchev–Trinajstić information content (AvgIpc) is 2.09. The maximum atomic E-state index is 10.9. The zero-order chi connectivity index (χ0) is 9.68. The summed E-state index contributed by atoms with van der Waals surface area (Å²) in [5, 5.41) is 2.51. The van der Waals surface area contributed by atoms with Crippen LogP contribution in [-0.4, -0.2) is 17.4 Å². The van der Waals surface area contributed by atoms with Gasteiger partial charge in [0.25, 0.3) is 6.54 Å². The molecule has 13 heavy (non-hydrogen) atoms. The number of rotatable bonds is 2. The van der Waals surface area contributed by atoms with Crippen molar-refractivity contribution in [2.45, 2.75) is 6.92 Å². The number of aryl methyl sites for hydroxylation is 1. The zero-order valence-corrected chi connectivity index (χ0v) is 7.24. The number of hydrogen-bond acceptors (Lipinski definition) is 2. The molecule has 66 valence electrons. The first-order valence-corrected chi connectivity index (χ1v) is 3.78. The molecular formula is C9H9N3O. The number of pyridine rings is 1. The number of nitrogens with one attached hydrogen (secondary N) is 1. The molecule has 0 aliphatic carbocycles. The smallest absolute Gasteiger partial charge is 0.305 e. The Bertz CT molecular complexity index is 337. The van der Waals surface area contributed by atoms with Crippen molar-refractivity contribution in [1.82, 2.24) is 4.98 Å². The van der Waals surface area contributed by atoms with E-state index >= 15 is 0 Å². The van der Waals surface area contributed by atoms with Crippen LogP contribution >= 0.6 is 0 Å². The Morgan fingerprint density at radius 3 is 3.00 bits per heavy atom. The Morgan fingerprint density at radius 2 is 2.46 bits per heavy atom. The Morgan fingerprint density at radius 1 is 1.69 bits per heavy atom. The lowest BCUT2D eigenvalue weighted by atomic mass is 10.3. The summed E-state index contributed by atoms with van der Waals surface area (Å²) in [7, 11) is 0. The monoisotopic (exact) mass is 175 g/mol. The van der Waals surface area contributed by atoms with Crippen LogP contribution in [0.1, 0.15) is 5.56 Å². The summed E-state index contributed by atoms with van der Waals surface area (Å²) in [6.45, 7) is 8.23. The minimum absolute atomic E-state index is 0.157. The van der Waals surface area contributed by atoms with Gasteiger partial charge in [-0.1, -0.05) is 6.07 Å². The fourth-order valence-electron chi connectivity index (χ4n) is 0.796. The summed E-state index contributed by atoms with van der Waals surface area (Å²) < 4.78 is 0. The molecule has 4 heteroatoms. The maximum absolute atomic E-state index is 10.9. The van der Waals surface area contributed by atoms with Gasteiger partial charge in [-0.25, -0.2) is 11.6 Å². The topological polar surface area (TPSA) is 46.4 Å². The first-order valence-electron chi connectivity index (χ1n) is 3.78. The third kappa shape index (κ3) is 2.91. The van der Waals surface area contributed by atoms with E-state index in [9.17, 15) is 4.79 Å². The van der Waals surface area contributed by atoms with Gasteiger partial charge in [0.1, 0.15) is 5.82 Å². The Hall–Kier alpha value is -1.89. The fraction of sp³-hybridized carbons (Fsp3) is 0.222. The van der Waals surface area contributed by atoms with Crippen molar-refractivity contribution in [1.29, 1.82) is 0 Å². The minimum Gasteiger partial charge on any atom is -0.306 e. The van der Waals surface area contributed by atoms with E-state index in [2.05, 4.69) is 15.1 Å². The van der Waals surface area contributed by atoms with Gasteiger partial charge in [-0.2, -0.15) is 0 Å². The molecule has 1 amide bonds. The number of anilines is 1. The largest absolute Gasteiger partial charge is 0.306 e. The van der Waals surface area contributed by atoms with Crippen LogP contribution in [0.5, 0.6) is 0 Å². The molecule has 0 aliphatic heterocycles. The average molecular weight is 175 g/mol. The highest BCUT2D eigenvalue weighted by atomic mass is 16.1. The molecule has 0 radical (unpaired) electrons. The van der Waals surface area contributed by atoms with Gasteiger partial charge in [0, 0.05) is 6.20 Å². The molecule has 1 N–H and O–H groups in total. The molecule has 0 aromatic carbocycles. The molecule has 0 atom stereocenters. The van der Waals surface area contributed by atoms with Gasteiger partial charge >= 0.3 is 5.91 Å². The predicted molar refractivity (Wildman–Crippen MR) is 49.1 cm³/mol. The molecule has 0 fully saturated rings. The molecule has 0 bridgehead atoms. The summed E-state index contributed by atoms with van der Waals surface area (Å²) in [5.74, 6) is 0.158. The van der Waals surface area contributed by atoms with E-state index < -0.39 is 0 Å². The van der Waals surface area contributed by atoms with Crippen molar-refractivity contribution >= 4 is 11.7 Å². The van der Waals surface area contributed by atoms with Crippen molar-refractivity contribution in [2.24, 2.45) is 0 Å². The van der Waals surface area contributed by atoms with Crippen LogP contribution < -0.4 is 5.32 Å². The summed E-state index contributed by atoms with van der Waals surface area (Å²) in [4.78, 5) is 17.9. The van der Waals surface area contributed by atoms with Crippen molar-refractivity contribution in [3.8, 4) is 0 Å². The quantitative estimate of drug-likeness (QED) is 0.687.